The first-order chi connectivity index (χ1) is 34.8. The summed E-state index contributed by atoms with van der Waals surface area (Å²) in [6.07, 6.45) is 7.08. The van der Waals surface area contributed by atoms with Crippen LogP contribution in [0.25, 0.3) is 42.4 Å². The molecular weight excluding hydrogens is 912 g/mol. The first-order valence-corrected chi connectivity index (χ1v) is 28.9. The molecular formula is C70H77BN2S. The van der Waals surface area contributed by atoms with E-state index in [0.29, 0.717) is 0 Å². The van der Waals surface area contributed by atoms with Gasteiger partial charge in [-0.05, 0) is 231 Å². The normalized spacial score (nSPS) is 19.9. The molecule has 8 aromatic rings. The molecule has 2 aliphatic heterocycles. The van der Waals surface area contributed by atoms with Gasteiger partial charge in [0.1, 0.15) is 0 Å². The lowest BCUT2D eigenvalue weighted by Gasteiger charge is -2.49. The molecule has 376 valence electrons. The summed E-state index contributed by atoms with van der Waals surface area (Å²) >= 11 is 2.00. The van der Waals surface area contributed by atoms with Crippen molar-refractivity contribution in [1.82, 2.24) is 0 Å². The smallest absolute Gasteiger partial charge is 0.334 e. The SMILES string of the molecule is Cc1cc(C)c(-c2cc3c4c(c2)N(c2cc5c(cc2C)C(C)(C)CCC5(C)C)c2ccc5c(sc6ccccc65)c2B4N(c2ccc4c(c2)C(C)(C)CCC4(C)C)c2cc4c(cc2-3)C(C)(C)CCC4(C)C)c(C)c1. The first-order valence-electron chi connectivity index (χ1n) is 28.1. The molecule has 0 bridgehead atoms. The van der Waals surface area contributed by atoms with Gasteiger partial charge in [0.05, 0.1) is 0 Å². The van der Waals surface area contributed by atoms with Crippen LogP contribution in [0.3, 0.4) is 0 Å². The molecule has 3 aliphatic carbocycles. The maximum atomic E-state index is 2.87. The van der Waals surface area contributed by atoms with Crippen LogP contribution in [0, 0.1) is 27.7 Å². The highest BCUT2D eigenvalue weighted by Gasteiger charge is 2.50. The average Bonchev–Trinajstić information content (AvgIpc) is 3.77. The zero-order valence-electron chi connectivity index (χ0n) is 47.4. The van der Waals surface area contributed by atoms with Gasteiger partial charge in [0.25, 0.3) is 0 Å². The number of nitrogens with zero attached hydrogens (tertiary/aromatic N) is 2. The third-order valence-electron chi connectivity index (χ3n) is 20.0. The highest BCUT2D eigenvalue weighted by atomic mass is 32.1. The third-order valence-corrected chi connectivity index (χ3v) is 21.2. The van der Waals surface area contributed by atoms with Gasteiger partial charge in [0, 0.05) is 54.2 Å². The second-order valence-corrected chi connectivity index (χ2v) is 29.0. The zero-order chi connectivity index (χ0) is 52.1. The molecule has 0 spiro atoms. The number of hydrogen-bond acceptors (Lipinski definition) is 3. The van der Waals surface area contributed by atoms with Gasteiger partial charge in [-0.25, -0.2) is 0 Å². The Morgan fingerprint density at radius 1 is 0.419 bits per heavy atom. The summed E-state index contributed by atoms with van der Waals surface area (Å²) in [6, 6.07) is 42.6. The van der Waals surface area contributed by atoms with Gasteiger partial charge in [-0.15, -0.1) is 11.3 Å². The van der Waals surface area contributed by atoms with E-state index in [9.17, 15) is 0 Å². The quantitative estimate of drug-likeness (QED) is 0.163. The van der Waals surface area contributed by atoms with E-state index in [1.807, 2.05) is 11.3 Å². The Hall–Kier alpha value is -5.58. The van der Waals surface area contributed by atoms with Crippen LogP contribution in [0.5, 0.6) is 0 Å². The van der Waals surface area contributed by atoms with Crippen molar-refractivity contribution in [2.75, 3.05) is 9.71 Å². The van der Waals surface area contributed by atoms with Crippen LogP contribution < -0.4 is 20.6 Å². The predicted molar refractivity (Wildman–Crippen MR) is 323 cm³/mol. The highest BCUT2D eigenvalue weighted by molar-refractivity contribution is 7.27. The van der Waals surface area contributed by atoms with Crippen molar-refractivity contribution in [2.24, 2.45) is 0 Å². The number of benzene rings is 7. The number of fused-ring (bicyclic) bond motifs is 11. The molecule has 0 unspecified atom stereocenters. The van der Waals surface area contributed by atoms with Crippen molar-refractivity contribution in [2.45, 2.75) is 182 Å². The van der Waals surface area contributed by atoms with Gasteiger partial charge in [0.15, 0.2) is 0 Å². The summed E-state index contributed by atoms with van der Waals surface area (Å²) < 4.78 is 2.75. The standard InChI is InChI=1S/C70H77BN2S/c1-40-31-42(3)61(43(4)32-40)44-34-49-48-37-53-55(70(15,16)30-28-68(53,11)12)39-58(48)73(45-21-23-50-52(36-45)67(9,10)26-25-65(50,5)6)71-62(49)59(35-44)72(56-24-22-47-46-19-17-18-20-60(46)74-64(47)63(56)71)57-38-54-51(33-41(57)2)66(7,8)27-29-69(54,13)14/h17-24,31-39H,25-30H2,1-16H3. The summed E-state index contributed by atoms with van der Waals surface area (Å²) in [5.41, 5.74) is 29.5. The molecule has 5 aliphatic rings. The van der Waals surface area contributed by atoms with E-state index >= 15 is 0 Å². The summed E-state index contributed by atoms with van der Waals surface area (Å²) in [6.45, 7) is 39.1. The van der Waals surface area contributed by atoms with Crippen LogP contribution in [0.4, 0.5) is 28.4 Å². The van der Waals surface area contributed by atoms with Crippen LogP contribution in [0.1, 0.15) is 177 Å². The Morgan fingerprint density at radius 3 is 1.58 bits per heavy atom. The minimum atomic E-state index is -0.103. The van der Waals surface area contributed by atoms with Crippen LogP contribution in [-0.2, 0) is 32.5 Å². The van der Waals surface area contributed by atoms with Gasteiger partial charge >= 0.3 is 6.85 Å². The zero-order valence-corrected chi connectivity index (χ0v) is 48.3. The fourth-order valence-corrected chi connectivity index (χ4v) is 16.6. The summed E-state index contributed by atoms with van der Waals surface area (Å²) in [5.74, 6) is 0. The molecule has 7 aromatic carbocycles. The molecule has 0 radical (unpaired) electrons. The van der Waals surface area contributed by atoms with Crippen molar-refractivity contribution in [1.29, 1.82) is 0 Å². The number of aryl methyl sites for hydroxylation is 4. The summed E-state index contributed by atoms with van der Waals surface area (Å²) in [7, 11) is 0. The largest absolute Gasteiger partial charge is 0.376 e. The van der Waals surface area contributed by atoms with Gasteiger partial charge in [-0.2, -0.15) is 0 Å². The topological polar surface area (TPSA) is 6.48 Å². The molecule has 0 saturated carbocycles. The number of thiophene rings is 1. The minimum Gasteiger partial charge on any atom is -0.376 e. The second-order valence-electron chi connectivity index (χ2n) is 27.9. The van der Waals surface area contributed by atoms with Crippen molar-refractivity contribution in [3.05, 3.63) is 159 Å². The number of hydrogen-bond donors (Lipinski definition) is 0. The maximum Gasteiger partial charge on any atom is 0.334 e. The molecule has 74 heavy (non-hydrogen) atoms. The molecule has 2 nitrogen and oxygen atoms in total. The maximum absolute atomic E-state index is 2.87. The van der Waals surface area contributed by atoms with E-state index in [4.69, 9.17) is 0 Å². The van der Waals surface area contributed by atoms with Crippen molar-refractivity contribution in [3.8, 4) is 22.3 Å². The Morgan fingerprint density at radius 2 is 0.959 bits per heavy atom. The molecule has 13 rings (SSSR count). The molecule has 4 heteroatoms. The summed E-state index contributed by atoms with van der Waals surface area (Å²) in [5, 5.41) is 2.70. The van der Waals surface area contributed by atoms with Gasteiger partial charge in [-0.1, -0.05) is 137 Å². The number of rotatable bonds is 3. The number of anilines is 5. The van der Waals surface area contributed by atoms with Gasteiger partial charge < -0.3 is 9.71 Å². The first kappa shape index (κ1) is 48.1. The molecule has 1 aromatic heterocycles. The predicted octanol–water partition coefficient (Wildman–Crippen LogP) is 18.7. The van der Waals surface area contributed by atoms with Crippen LogP contribution >= 0.6 is 11.3 Å². The highest BCUT2D eigenvalue weighted by Crippen LogP contribution is 2.57. The van der Waals surface area contributed by atoms with Crippen molar-refractivity contribution in [3.63, 3.8) is 0 Å². The Balaban J connectivity index is 1.23. The monoisotopic (exact) mass is 989 g/mol. The van der Waals surface area contributed by atoms with E-state index in [-0.39, 0.29) is 39.3 Å². The Labute approximate surface area is 447 Å². The van der Waals surface area contributed by atoms with Crippen molar-refractivity contribution < 1.29 is 0 Å². The van der Waals surface area contributed by atoms with Crippen molar-refractivity contribution >= 4 is 77.7 Å². The Bertz CT molecular complexity index is 3730. The molecule has 0 N–H and O–H groups in total. The van der Waals surface area contributed by atoms with Crippen LogP contribution in [0.15, 0.2) is 103 Å². The van der Waals surface area contributed by atoms with E-state index in [0.717, 1.165) is 0 Å². The van der Waals surface area contributed by atoms with E-state index < -0.39 is 0 Å². The fourth-order valence-electron chi connectivity index (χ4n) is 15.3. The van der Waals surface area contributed by atoms with Crippen LogP contribution in [-0.4, -0.2) is 6.85 Å². The molecule has 3 heterocycles. The summed E-state index contributed by atoms with van der Waals surface area (Å²) in [4.78, 5) is 5.63. The molecule has 0 amide bonds. The minimum absolute atomic E-state index is 0.0309. The van der Waals surface area contributed by atoms with E-state index in [1.54, 1.807) is 0 Å². The van der Waals surface area contributed by atoms with Gasteiger partial charge in [0.2, 0.25) is 0 Å². The van der Waals surface area contributed by atoms with Crippen LogP contribution in [0.2, 0.25) is 0 Å². The Kier molecular flexibility index (Phi) is 10.1. The van der Waals surface area contributed by atoms with E-state index in [2.05, 4.69) is 224 Å². The lowest BCUT2D eigenvalue weighted by molar-refractivity contribution is 0.332. The lowest BCUT2D eigenvalue weighted by Crippen LogP contribution is -2.62. The fraction of sp³-hybridized carbons (Fsp3) is 0.400. The molecule has 0 saturated heterocycles. The second kappa shape index (κ2) is 15.5. The van der Waals surface area contributed by atoms with Gasteiger partial charge in [-0.3, -0.25) is 0 Å². The molecule has 0 fully saturated rings. The molecule has 0 atom stereocenters. The average molecular weight is 989 g/mol. The van der Waals surface area contributed by atoms with E-state index in [1.165, 1.54) is 176 Å². The lowest BCUT2D eigenvalue weighted by atomic mass is 9.43. The third kappa shape index (κ3) is 6.80.